The van der Waals surface area contributed by atoms with E-state index >= 15 is 0 Å². The number of ketones is 1. The zero-order chi connectivity index (χ0) is 16.7. The van der Waals surface area contributed by atoms with Gasteiger partial charge in [-0.3, -0.25) is 14.9 Å². The minimum absolute atomic E-state index is 0.118. The molecular formula is C17H16N2O4. The molecule has 6 nitrogen and oxygen atoms in total. The first-order chi connectivity index (χ1) is 11.1. The van der Waals surface area contributed by atoms with Crippen LogP contribution in [0.4, 0.5) is 11.4 Å². The van der Waals surface area contributed by atoms with Crippen molar-refractivity contribution in [2.75, 3.05) is 11.9 Å². The highest BCUT2D eigenvalue weighted by atomic mass is 16.6. The second-order valence-corrected chi connectivity index (χ2v) is 4.58. The Hall–Kier alpha value is -3.15. The predicted molar refractivity (Wildman–Crippen MR) is 87.8 cm³/mol. The summed E-state index contributed by atoms with van der Waals surface area (Å²) in [5, 5.41) is 13.9. The van der Waals surface area contributed by atoms with Crippen LogP contribution >= 0.6 is 0 Å². The summed E-state index contributed by atoms with van der Waals surface area (Å²) < 4.78 is 5.25. The van der Waals surface area contributed by atoms with Gasteiger partial charge in [0.1, 0.15) is 11.4 Å². The lowest BCUT2D eigenvalue weighted by Crippen LogP contribution is -1.99. The van der Waals surface area contributed by atoms with Crippen molar-refractivity contribution in [3.05, 3.63) is 76.5 Å². The third kappa shape index (κ3) is 4.41. The molecule has 0 aliphatic carbocycles. The molecule has 1 N–H and O–H groups in total. The summed E-state index contributed by atoms with van der Waals surface area (Å²) in [5.41, 5.74) is 0.718. The van der Waals surface area contributed by atoms with Gasteiger partial charge in [-0.15, -0.1) is 0 Å². The minimum atomic E-state index is -0.502. The molecule has 0 bridgehead atoms. The summed E-state index contributed by atoms with van der Waals surface area (Å²) in [6.07, 6.45) is 2.72. The van der Waals surface area contributed by atoms with Crippen molar-refractivity contribution >= 4 is 17.2 Å². The fourth-order valence-corrected chi connectivity index (χ4v) is 1.95. The van der Waals surface area contributed by atoms with E-state index in [0.29, 0.717) is 17.9 Å². The Labute approximate surface area is 133 Å². The molecule has 2 aromatic rings. The largest absolute Gasteiger partial charge is 0.494 e. The lowest BCUT2D eigenvalue weighted by molar-refractivity contribution is -0.384. The van der Waals surface area contributed by atoms with Crippen LogP contribution in [0.5, 0.6) is 5.75 Å². The average molecular weight is 312 g/mol. The summed E-state index contributed by atoms with van der Waals surface area (Å²) in [7, 11) is 0. The Balaban J connectivity index is 2.12. The lowest BCUT2D eigenvalue weighted by atomic mass is 10.1. The molecule has 2 aromatic carbocycles. The summed E-state index contributed by atoms with van der Waals surface area (Å²) in [5.74, 6) is 0.237. The van der Waals surface area contributed by atoms with Crippen molar-refractivity contribution in [2.45, 2.75) is 6.92 Å². The third-order valence-corrected chi connectivity index (χ3v) is 3.01. The van der Waals surface area contributed by atoms with Crippen LogP contribution in [0, 0.1) is 10.1 Å². The molecule has 2 rings (SSSR count). The monoisotopic (exact) mass is 312 g/mol. The van der Waals surface area contributed by atoms with Gasteiger partial charge in [0, 0.05) is 17.8 Å². The molecule has 0 aliphatic rings. The molecule has 0 radical (unpaired) electrons. The minimum Gasteiger partial charge on any atom is -0.494 e. The number of benzene rings is 2. The summed E-state index contributed by atoms with van der Waals surface area (Å²) in [4.78, 5) is 22.5. The number of hydrogen-bond donors (Lipinski definition) is 1. The fourth-order valence-electron chi connectivity index (χ4n) is 1.95. The fraction of sp³-hybridized carbons (Fsp3) is 0.118. The molecule has 0 fully saturated rings. The maximum Gasteiger partial charge on any atom is 0.296 e. The Bertz CT molecular complexity index is 727. The number of nitro groups is 1. The first-order valence-electron chi connectivity index (χ1n) is 7.05. The van der Waals surface area contributed by atoms with E-state index in [1.165, 1.54) is 18.3 Å². The first-order valence-corrected chi connectivity index (χ1v) is 7.05. The standard InChI is InChI=1S/C17H16N2O4/c1-2-23-14-8-9-15(16(12-14)19(21)22)18-11-10-17(20)13-6-4-3-5-7-13/h3-12,18H,2H2,1H3. The molecule has 0 spiro atoms. The van der Waals surface area contributed by atoms with E-state index in [9.17, 15) is 14.9 Å². The van der Waals surface area contributed by atoms with Crippen molar-refractivity contribution in [1.29, 1.82) is 0 Å². The van der Waals surface area contributed by atoms with Gasteiger partial charge in [0.25, 0.3) is 5.69 Å². The van der Waals surface area contributed by atoms with E-state index in [0.717, 1.165) is 0 Å². The highest BCUT2D eigenvalue weighted by Gasteiger charge is 2.14. The molecule has 0 aromatic heterocycles. The maximum absolute atomic E-state index is 11.9. The van der Waals surface area contributed by atoms with Gasteiger partial charge in [-0.05, 0) is 19.1 Å². The van der Waals surface area contributed by atoms with E-state index in [4.69, 9.17) is 4.74 Å². The van der Waals surface area contributed by atoms with Crippen molar-refractivity contribution in [3.8, 4) is 5.75 Å². The van der Waals surface area contributed by atoms with E-state index in [2.05, 4.69) is 5.32 Å². The molecule has 6 heteroatoms. The smallest absolute Gasteiger partial charge is 0.296 e. The third-order valence-electron chi connectivity index (χ3n) is 3.01. The number of allylic oxidation sites excluding steroid dienone is 1. The van der Waals surface area contributed by atoms with Crippen LogP contribution in [-0.2, 0) is 0 Å². The van der Waals surface area contributed by atoms with Crippen LogP contribution in [0.2, 0.25) is 0 Å². The number of nitrogens with one attached hydrogen (secondary N) is 1. The molecule has 0 saturated heterocycles. The Kier molecular flexibility index (Phi) is 5.46. The number of hydrogen-bond acceptors (Lipinski definition) is 5. The molecule has 0 aliphatic heterocycles. The Morgan fingerprint density at radius 3 is 2.65 bits per heavy atom. The van der Waals surface area contributed by atoms with Crippen LogP contribution < -0.4 is 10.1 Å². The van der Waals surface area contributed by atoms with Gasteiger partial charge >= 0.3 is 0 Å². The van der Waals surface area contributed by atoms with Crippen molar-refractivity contribution in [1.82, 2.24) is 0 Å². The maximum atomic E-state index is 11.9. The highest BCUT2D eigenvalue weighted by Crippen LogP contribution is 2.29. The first kappa shape index (κ1) is 16.2. The van der Waals surface area contributed by atoms with Gasteiger partial charge in [-0.1, -0.05) is 30.3 Å². The molecule has 0 atom stereocenters. The zero-order valence-corrected chi connectivity index (χ0v) is 12.6. The number of anilines is 1. The quantitative estimate of drug-likeness (QED) is 0.364. The van der Waals surface area contributed by atoms with Crippen LogP contribution in [0.1, 0.15) is 17.3 Å². The molecule has 0 heterocycles. The van der Waals surface area contributed by atoms with Gasteiger partial charge in [0.05, 0.1) is 17.6 Å². The van der Waals surface area contributed by atoms with Crippen LogP contribution in [-0.4, -0.2) is 17.3 Å². The second-order valence-electron chi connectivity index (χ2n) is 4.58. The van der Waals surface area contributed by atoms with Gasteiger partial charge < -0.3 is 10.1 Å². The number of rotatable bonds is 7. The Morgan fingerprint density at radius 1 is 1.26 bits per heavy atom. The number of ether oxygens (including phenoxy) is 1. The SMILES string of the molecule is CCOc1ccc(NC=CC(=O)c2ccccc2)c([N+](=O)[O-])c1. The molecule has 0 saturated carbocycles. The van der Waals surface area contributed by atoms with Gasteiger partial charge in [0.2, 0.25) is 0 Å². The van der Waals surface area contributed by atoms with Crippen LogP contribution in [0.15, 0.2) is 60.8 Å². The van der Waals surface area contributed by atoms with E-state index in [-0.39, 0.29) is 17.2 Å². The average Bonchev–Trinajstić information content (AvgIpc) is 2.56. The van der Waals surface area contributed by atoms with Crippen molar-refractivity contribution in [3.63, 3.8) is 0 Å². The normalized spacial score (nSPS) is 10.5. The molecule has 0 amide bonds. The lowest BCUT2D eigenvalue weighted by Gasteiger charge is -2.06. The molecular weight excluding hydrogens is 296 g/mol. The van der Waals surface area contributed by atoms with Crippen LogP contribution in [0.25, 0.3) is 0 Å². The van der Waals surface area contributed by atoms with E-state index < -0.39 is 4.92 Å². The molecule has 23 heavy (non-hydrogen) atoms. The van der Waals surface area contributed by atoms with E-state index in [1.54, 1.807) is 43.3 Å². The Morgan fingerprint density at radius 2 is 2.00 bits per heavy atom. The number of nitrogens with zero attached hydrogens (tertiary/aromatic N) is 1. The topological polar surface area (TPSA) is 81.5 Å². The van der Waals surface area contributed by atoms with E-state index in [1.807, 2.05) is 6.07 Å². The van der Waals surface area contributed by atoms with Crippen molar-refractivity contribution < 1.29 is 14.5 Å². The predicted octanol–water partition coefficient (Wildman–Crippen LogP) is 3.80. The van der Waals surface area contributed by atoms with Gasteiger partial charge in [0.15, 0.2) is 5.78 Å². The summed E-state index contributed by atoms with van der Waals surface area (Å²) in [6.45, 7) is 2.23. The highest BCUT2D eigenvalue weighted by molar-refractivity contribution is 6.04. The second kappa shape index (κ2) is 7.74. The van der Waals surface area contributed by atoms with Gasteiger partial charge in [-0.25, -0.2) is 0 Å². The summed E-state index contributed by atoms with van der Waals surface area (Å²) in [6, 6.07) is 13.3. The molecule has 0 unspecified atom stereocenters. The number of carbonyl (C=O) groups excluding carboxylic acids is 1. The number of nitro benzene ring substituents is 1. The molecule has 118 valence electrons. The van der Waals surface area contributed by atoms with Crippen molar-refractivity contribution in [2.24, 2.45) is 0 Å². The number of carbonyl (C=O) groups is 1. The van der Waals surface area contributed by atoms with Gasteiger partial charge in [-0.2, -0.15) is 0 Å². The zero-order valence-electron chi connectivity index (χ0n) is 12.6. The summed E-state index contributed by atoms with van der Waals surface area (Å²) >= 11 is 0. The van der Waals surface area contributed by atoms with Crippen LogP contribution in [0.3, 0.4) is 0 Å².